The maximum Gasteiger partial charge on any atom is 0.154 e. The molecule has 0 amide bonds. The molecule has 0 unspecified atom stereocenters. The zero-order valence-corrected chi connectivity index (χ0v) is 11.5. The average Bonchev–Trinajstić information content (AvgIpc) is 3.10. The van der Waals surface area contributed by atoms with Crippen molar-refractivity contribution in [3.63, 3.8) is 0 Å². The molecule has 0 aliphatic heterocycles. The van der Waals surface area contributed by atoms with E-state index in [-0.39, 0.29) is 30.6 Å². The van der Waals surface area contributed by atoms with Crippen LogP contribution in [0.15, 0.2) is 24.3 Å². The van der Waals surface area contributed by atoms with Crippen molar-refractivity contribution in [1.29, 1.82) is 0 Å². The summed E-state index contributed by atoms with van der Waals surface area (Å²) in [5.74, 6) is -0.716. The molecule has 3 N–H and O–H groups in total. The van der Waals surface area contributed by atoms with Gasteiger partial charge in [-0.2, -0.15) is 0 Å². The van der Waals surface area contributed by atoms with E-state index in [2.05, 4.69) is 0 Å². The molecule has 3 atom stereocenters. The van der Waals surface area contributed by atoms with Crippen molar-refractivity contribution in [3.05, 3.63) is 35.6 Å². The molecule has 1 fully saturated rings. The summed E-state index contributed by atoms with van der Waals surface area (Å²) in [5, 5.41) is 8.88. The Balaban J connectivity index is 2.42. The van der Waals surface area contributed by atoms with Crippen LogP contribution < -0.4 is 5.73 Å². The van der Waals surface area contributed by atoms with Gasteiger partial charge >= 0.3 is 0 Å². The van der Waals surface area contributed by atoms with Gasteiger partial charge in [-0.25, -0.2) is 12.8 Å². The van der Waals surface area contributed by atoms with Crippen LogP contribution in [-0.4, -0.2) is 37.7 Å². The fourth-order valence-corrected chi connectivity index (χ4v) is 5.03. The van der Waals surface area contributed by atoms with Crippen molar-refractivity contribution in [2.45, 2.75) is 18.1 Å². The Hall–Kier alpha value is -0.980. The minimum Gasteiger partial charge on any atom is -0.396 e. The highest BCUT2D eigenvalue weighted by Gasteiger charge is 2.69. The maximum atomic E-state index is 12.9. The molecule has 0 heterocycles. The number of nitrogens with two attached hydrogens (primary N) is 1. The van der Waals surface area contributed by atoms with Crippen LogP contribution >= 0.6 is 0 Å². The lowest BCUT2D eigenvalue weighted by Crippen LogP contribution is -2.28. The minimum atomic E-state index is -3.30. The van der Waals surface area contributed by atoms with Crippen LogP contribution in [0.3, 0.4) is 0 Å². The number of sulfone groups is 1. The van der Waals surface area contributed by atoms with Gasteiger partial charge < -0.3 is 10.8 Å². The summed E-state index contributed by atoms with van der Waals surface area (Å²) in [6, 6.07) is 5.71. The quantitative estimate of drug-likeness (QED) is 0.834. The molecular formula is C13H18FNO3S. The van der Waals surface area contributed by atoms with Crippen molar-refractivity contribution in [2.24, 2.45) is 11.1 Å². The first kappa shape index (κ1) is 14.4. The Morgan fingerprint density at radius 3 is 2.37 bits per heavy atom. The van der Waals surface area contributed by atoms with Gasteiger partial charge in [0, 0.05) is 23.6 Å². The molecular weight excluding hydrogens is 269 g/mol. The molecule has 0 bridgehead atoms. The molecule has 4 nitrogen and oxygen atoms in total. The third-order valence-electron chi connectivity index (χ3n) is 4.07. The van der Waals surface area contributed by atoms with E-state index in [1.807, 2.05) is 0 Å². The fourth-order valence-electron chi connectivity index (χ4n) is 2.87. The van der Waals surface area contributed by atoms with E-state index in [1.165, 1.54) is 12.1 Å². The van der Waals surface area contributed by atoms with Gasteiger partial charge in [0.15, 0.2) is 9.84 Å². The van der Waals surface area contributed by atoms with E-state index < -0.39 is 20.5 Å². The predicted molar refractivity (Wildman–Crippen MR) is 71.0 cm³/mol. The van der Waals surface area contributed by atoms with Gasteiger partial charge in [-0.05, 0) is 17.7 Å². The van der Waals surface area contributed by atoms with Gasteiger partial charge in [-0.15, -0.1) is 0 Å². The summed E-state index contributed by atoms with van der Waals surface area (Å²) in [4.78, 5) is 0. The van der Waals surface area contributed by atoms with Gasteiger partial charge in [0.05, 0.1) is 11.9 Å². The first-order valence-corrected chi connectivity index (χ1v) is 7.92. The van der Waals surface area contributed by atoms with E-state index in [0.29, 0.717) is 5.56 Å². The molecule has 1 aliphatic rings. The normalized spacial score (nSPS) is 30.3. The van der Waals surface area contributed by atoms with Gasteiger partial charge in [0.2, 0.25) is 0 Å². The molecule has 1 aromatic rings. The number of halogens is 1. The summed E-state index contributed by atoms with van der Waals surface area (Å²) in [5.41, 5.74) is 5.56. The van der Waals surface area contributed by atoms with Crippen molar-refractivity contribution < 1.29 is 17.9 Å². The summed E-state index contributed by atoms with van der Waals surface area (Å²) in [6.45, 7) is 1.39. The number of hydrogen-bond donors (Lipinski definition) is 2. The highest BCUT2D eigenvalue weighted by Crippen LogP contribution is 2.62. The summed E-state index contributed by atoms with van der Waals surface area (Å²) in [6.07, 6.45) is 0. The van der Waals surface area contributed by atoms with Crippen LogP contribution in [0.25, 0.3) is 0 Å². The van der Waals surface area contributed by atoms with Gasteiger partial charge in [-0.1, -0.05) is 19.1 Å². The predicted octanol–water partition coefficient (Wildman–Crippen LogP) is 0.664. The van der Waals surface area contributed by atoms with Crippen LogP contribution in [0.5, 0.6) is 0 Å². The van der Waals surface area contributed by atoms with Crippen LogP contribution in [-0.2, 0) is 9.84 Å². The van der Waals surface area contributed by atoms with Crippen LogP contribution in [0.4, 0.5) is 4.39 Å². The molecule has 19 heavy (non-hydrogen) atoms. The number of hydrogen-bond acceptors (Lipinski definition) is 4. The molecule has 0 saturated heterocycles. The number of aliphatic hydroxyl groups is 1. The second-order valence-corrected chi connectivity index (χ2v) is 7.41. The monoisotopic (exact) mass is 287 g/mol. The van der Waals surface area contributed by atoms with E-state index in [1.54, 1.807) is 19.1 Å². The van der Waals surface area contributed by atoms with Gasteiger partial charge in [-0.3, -0.25) is 0 Å². The Morgan fingerprint density at radius 2 is 1.95 bits per heavy atom. The second kappa shape index (κ2) is 4.85. The van der Waals surface area contributed by atoms with Gasteiger partial charge in [0.25, 0.3) is 0 Å². The third-order valence-corrected chi connectivity index (χ3v) is 6.39. The fraction of sp³-hybridized carbons (Fsp3) is 0.538. The van der Waals surface area contributed by atoms with Crippen LogP contribution in [0.1, 0.15) is 18.4 Å². The Kier molecular flexibility index (Phi) is 3.68. The SMILES string of the molecule is CCS(=O)(=O)[C@@H]1[C@@H](c2ccc(F)cc2)[C@]1(CN)CO. The highest BCUT2D eigenvalue weighted by atomic mass is 32.2. The third kappa shape index (κ3) is 2.17. The lowest BCUT2D eigenvalue weighted by atomic mass is 10.0. The topological polar surface area (TPSA) is 80.4 Å². The smallest absolute Gasteiger partial charge is 0.154 e. The average molecular weight is 287 g/mol. The maximum absolute atomic E-state index is 12.9. The van der Waals surface area contributed by atoms with E-state index in [9.17, 15) is 17.9 Å². The lowest BCUT2D eigenvalue weighted by Gasteiger charge is -2.11. The molecule has 1 saturated carbocycles. The molecule has 0 aromatic heterocycles. The Bertz CT molecular complexity index is 552. The minimum absolute atomic E-state index is 0.0110. The van der Waals surface area contributed by atoms with Crippen molar-refractivity contribution in [3.8, 4) is 0 Å². The van der Waals surface area contributed by atoms with Gasteiger partial charge in [0.1, 0.15) is 5.82 Å². The summed E-state index contributed by atoms with van der Waals surface area (Å²) in [7, 11) is -3.30. The first-order valence-electron chi connectivity index (χ1n) is 6.21. The Morgan fingerprint density at radius 1 is 1.37 bits per heavy atom. The number of aliphatic hydroxyl groups excluding tert-OH is 1. The van der Waals surface area contributed by atoms with Crippen molar-refractivity contribution in [2.75, 3.05) is 18.9 Å². The van der Waals surface area contributed by atoms with E-state index in [4.69, 9.17) is 5.73 Å². The van der Waals surface area contributed by atoms with Crippen LogP contribution in [0.2, 0.25) is 0 Å². The largest absolute Gasteiger partial charge is 0.396 e. The first-order chi connectivity index (χ1) is 8.93. The molecule has 0 radical (unpaired) electrons. The zero-order chi connectivity index (χ0) is 14.3. The summed E-state index contributed by atoms with van der Waals surface area (Å²) < 4.78 is 37.1. The second-order valence-electron chi connectivity index (χ2n) is 5.00. The number of rotatable bonds is 5. The van der Waals surface area contributed by atoms with Crippen LogP contribution in [0, 0.1) is 11.2 Å². The van der Waals surface area contributed by atoms with Crippen molar-refractivity contribution >= 4 is 9.84 Å². The standard InChI is InChI=1S/C13H18FNO3S/c1-2-19(17,18)12-11(13(12,7-15)8-16)9-3-5-10(14)6-4-9/h3-6,11-12,16H,2,7-8,15H2,1H3/t11-,12-,13+/m1/s1. The molecule has 0 spiro atoms. The molecule has 6 heteroatoms. The molecule has 1 aliphatic carbocycles. The molecule has 1 aromatic carbocycles. The highest BCUT2D eigenvalue weighted by molar-refractivity contribution is 7.92. The number of benzene rings is 1. The van der Waals surface area contributed by atoms with E-state index in [0.717, 1.165) is 0 Å². The lowest BCUT2D eigenvalue weighted by molar-refractivity contribution is 0.212. The van der Waals surface area contributed by atoms with Crippen molar-refractivity contribution in [1.82, 2.24) is 0 Å². The zero-order valence-electron chi connectivity index (χ0n) is 10.7. The molecule has 2 rings (SSSR count). The molecule has 106 valence electrons. The Labute approximate surface area is 112 Å². The van der Waals surface area contributed by atoms with E-state index >= 15 is 0 Å². The summed E-state index contributed by atoms with van der Waals surface area (Å²) >= 11 is 0.